The summed E-state index contributed by atoms with van der Waals surface area (Å²) in [5, 5.41) is 3.79. The lowest BCUT2D eigenvalue weighted by Gasteiger charge is -2.31. The number of nitrogens with zero attached hydrogens (tertiary/aromatic N) is 1. The van der Waals surface area contributed by atoms with Crippen LogP contribution < -0.4 is 5.32 Å². The number of hydrogen-bond acceptors (Lipinski definition) is 1. The average molecular weight is 311 g/mol. The van der Waals surface area contributed by atoms with Gasteiger partial charge in [0.15, 0.2) is 0 Å². The Morgan fingerprint density at radius 1 is 1.29 bits per heavy atom. The maximum absolute atomic E-state index is 12.4. The van der Waals surface area contributed by atoms with Crippen molar-refractivity contribution in [1.82, 2.24) is 10.2 Å². The van der Waals surface area contributed by atoms with Crippen LogP contribution in [0.5, 0.6) is 0 Å². The van der Waals surface area contributed by atoms with Crippen LogP contribution in [0.15, 0.2) is 24.3 Å². The molecule has 1 rings (SSSR count). The summed E-state index contributed by atoms with van der Waals surface area (Å²) < 4.78 is 0. The highest BCUT2D eigenvalue weighted by molar-refractivity contribution is 6.30. The van der Waals surface area contributed by atoms with E-state index in [1.54, 1.807) is 0 Å². The fourth-order valence-corrected chi connectivity index (χ4v) is 2.44. The van der Waals surface area contributed by atoms with E-state index in [1.807, 2.05) is 49.9 Å². The molecule has 0 saturated heterocycles. The van der Waals surface area contributed by atoms with Gasteiger partial charge < -0.3 is 10.2 Å². The van der Waals surface area contributed by atoms with Crippen molar-refractivity contribution in [3.63, 3.8) is 0 Å². The second-order valence-electron chi connectivity index (χ2n) is 5.85. The largest absolute Gasteiger partial charge is 0.329 e. The van der Waals surface area contributed by atoms with Crippen molar-refractivity contribution >= 4 is 17.6 Å². The van der Waals surface area contributed by atoms with Crippen LogP contribution in [0.25, 0.3) is 0 Å². The zero-order valence-electron chi connectivity index (χ0n) is 13.6. The summed E-state index contributed by atoms with van der Waals surface area (Å²) in [4.78, 5) is 14.3. The van der Waals surface area contributed by atoms with Gasteiger partial charge in [0.25, 0.3) is 0 Å². The van der Waals surface area contributed by atoms with E-state index in [-0.39, 0.29) is 6.03 Å². The second kappa shape index (κ2) is 8.28. The summed E-state index contributed by atoms with van der Waals surface area (Å²) in [6.07, 6.45) is 3.37. The minimum atomic E-state index is -0.444. The van der Waals surface area contributed by atoms with Crippen molar-refractivity contribution in [1.29, 1.82) is 0 Å². The van der Waals surface area contributed by atoms with Gasteiger partial charge in [0.1, 0.15) is 0 Å². The molecule has 0 spiro atoms. The van der Waals surface area contributed by atoms with Crippen molar-refractivity contribution in [2.24, 2.45) is 0 Å². The van der Waals surface area contributed by atoms with Gasteiger partial charge in [0.2, 0.25) is 0 Å². The zero-order valence-corrected chi connectivity index (χ0v) is 14.3. The molecule has 118 valence electrons. The molecular formula is C17H27ClN2O. The smallest absolute Gasteiger partial charge is 0.318 e. The lowest BCUT2D eigenvalue weighted by atomic mass is 9.94. The van der Waals surface area contributed by atoms with Crippen molar-refractivity contribution in [2.75, 3.05) is 13.1 Å². The van der Waals surface area contributed by atoms with Crippen LogP contribution in [0.1, 0.15) is 52.5 Å². The highest BCUT2D eigenvalue weighted by Crippen LogP contribution is 2.23. The fraction of sp³-hybridized carbons (Fsp3) is 0.588. The van der Waals surface area contributed by atoms with E-state index in [1.165, 1.54) is 0 Å². The molecule has 0 saturated carbocycles. The third-order valence-corrected chi connectivity index (χ3v) is 3.90. The van der Waals surface area contributed by atoms with Crippen LogP contribution in [0.3, 0.4) is 0 Å². The highest BCUT2D eigenvalue weighted by atomic mass is 35.5. The predicted molar refractivity (Wildman–Crippen MR) is 89.8 cm³/mol. The maximum Gasteiger partial charge on any atom is 0.318 e. The molecule has 0 aliphatic heterocycles. The molecule has 0 fully saturated rings. The Kier molecular flexibility index (Phi) is 7.03. The van der Waals surface area contributed by atoms with E-state index in [9.17, 15) is 4.79 Å². The van der Waals surface area contributed by atoms with Crippen LogP contribution in [0.4, 0.5) is 4.79 Å². The lowest BCUT2D eigenvalue weighted by molar-refractivity contribution is 0.188. The van der Waals surface area contributed by atoms with E-state index in [0.717, 1.165) is 37.9 Å². The summed E-state index contributed by atoms with van der Waals surface area (Å²) in [7, 11) is 0. The quantitative estimate of drug-likeness (QED) is 0.721. The van der Waals surface area contributed by atoms with Crippen molar-refractivity contribution in [3.05, 3.63) is 34.9 Å². The molecule has 0 bridgehead atoms. The first-order valence-electron chi connectivity index (χ1n) is 7.73. The van der Waals surface area contributed by atoms with Crippen LogP contribution in [0, 0.1) is 0 Å². The Morgan fingerprint density at radius 2 is 2.00 bits per heavy atom. The first-order valence-corrected chi connectivity index (χ1v) is 8.11. The number of halogens is 1. The molecule has 1 N–H and O–H groups in total. The Morgan fingerprint density at radius 3 is 2.57 bits per heavy atom. The number of hydrogen-bond donors (Lipinski definition) is 1. The van der Waals surface area contributed by atoms with Gasteiger partial charge in [-0.1, -0.05) is 43.5 Å². The monoisotopic (exact) mass is 310 g/mol. The minimum absolute atomic E-state index is 0.0152. The summed E-state index contributed by atoms with van der Waals surface area (Å²) in [5.74, 6) is 0. The highest BCUT2D eigenvalue weighted by Gasteiger charge is 2.25. The van der Waals surface area contributed by atoms with E-state index in [0.29, 0.717) is 5.02 Å². The molecule has 1 aromatic carbocycles. The summed E-state index contributed by atoms with van der Waals surface area (Å²) in [6, 6.07) is 7.61. The van der Waals surface area contributed by atoms with Crippen LogP contribution in [0.2, 0.25) is 5.02 Å². The van der Waals surface area contributed by atoms with Gasteiger partial charge in [-0.3, -0.25) is 0 Å². The van der Waals surface area contributed by atoms with Crippen molar-refractivity contribution in [3.8, 4) is 0 Å². The van der Waals surface area contributed by atoms with Crippen LogP contribution in [-0.4, -0.2) is 24.0 Å². The van der Waals surface area contributed by atoms with E-state index >= 15 is 0 Å². The number of amides is 2. The Balaban J connectivity index is 2.70. The van der Waals surface area contributed by atoms with Crippen LogP contribution >= 0.6 is 11.6 Å². The second-order valence-corrected chi connectivity index (χ2v) is 6.29. The van der Waals surface area contributed by atoms with Crippen molar-refractivity contribution in [2.45, 2.75) is 52.5 Å². The molecule has 0 radical (unpaired) electrons. The zero-order chi connectivity index (χ0) is 15.9. The number of urea groups is 1. The predicted octanol–water partition coefficient (Wildman–Crippen LogP) is 4.80. The molecule has 3 nitrogen and oxygen atoms in total. The number of benzene rings is 1. The Hall–Kier alpha value is -1.22. The first-order chi connectivity index (χ1) is 9.90. The number of nitrogens with one attached hydrogen (secondary N) is 1. The Labute approximate surface area is 133 Å². The molecule has 1 aromatic rings. The summed E-state index contributed by atoms with van der Waals surface area (Å²) in [5.41, 5.74) is 0.563. The normalized spacial score (nSPS) is 11.3. The molecule has 0 heterocycles. The van der Waals surface area contributed by atoms with Gasteiger partial charge in [0.05, 0.1) is 5.54 Å². The molecule has 0 aliphatic carbocycles. The molecular weight excluding hydrogens is 284 g/mol. The summed E-state index contributed by atoms with van der Waals surface area (Å²) in [6.45, 7) is 9.70. The van der Waals surface area contributed by atoms with E-state index < -0.39 is 5.54 Å². The molecule has 0 aromatic heterocycles. The van der Waals surface area contributed by atoms with Gasteiger partial charge >= 0.3 is 6.03 Å². The number of carbonyl (C=O) groups excluding carboxylic acids is 1. The maximum atomic E-state index is 12.4. The van der Waals surface area contributed by atoms with Crippen molar-refractivity contribution < 1.29 is 4.79 Å². The molecule has 0 unspecified atom stereocenters. The molecule has 21 heavy (non-hydrogen) atoms. The standard InChI is InChI=1S/C17H27ClN2O/c1-5-7-8-12-20(6-2)16(21)19-17(3,4)14-10-9-11-15(18)13-14/h9-11,13H,5-8,12H2,1-4H3,(H,19,21). The SMILES string of the molecule is CCCCCN(CC)C(=O)NC(C)(C)c1cccc(Cl)c1. The first kappa shape index (κ1) is 17.8. The number of unbranched alkanes of at least 4 members (excludes halogenated alkanes) is 2. The molecule has 2 amide bonds. The molecule has 0 aliphatic rings. The molecule has 4 heteroatoms. The van der Waals surface area contributed by atoms with E-state index in [2.05, 4.69) is 12.2 Å². The third kappa shape index (κ3) is 5.58. The topological polar surface area (TPSA) is 32.3 Å². The molecule has 0 atom stereocenters. The van der Waals surface area contributed by atoms with Crippen LogP contribution in [-0.2, 0) is 5.54 Å². The van der Waals surface area contributed by atoms with Gasteiger partial charge in [0, 0.05) is 18.1 Å². The lowest BCUT2D eigenvalue weighted by Crippen LogP contribution is -2.48. The average Bonchev–Trinajstić information content (AvgIpc) is 2.43. The minimum Gasteiger partial charge on any atom is -0.329 e. The third-order valence-electron chi connectivity index (χ3n) is 3.67. The van der Waals surface area contributed by atoms with E-state index in [4.69, 9.17) is 11.6 Å². The number of rotatable bonds is 7. The summed E-state index contributed by atoms with van der Waals surface area (Å²) >= 11 is 6.04. The van der Waals surface area contributed by atoms with Gasteiger partial charge in [-0.2, -0.15) is 0 Å². The Bertz CT molecular complexity index is 460. The van der Waals surface area contributed by atoms with Gasteiger partial charge in [-0.15, -0.1) is 0 Å². The van der Waals surface area contributed by atoms with Gasteiger partial charge in [-0.05, 0) is 44.9 Å². The fourth-order valence-electron chi connectivity index (χ4n) is 2.25. The number of carbonyl (C=O) groups is 1. The van der Waals surface area contributed by atoms with Gasteiger partial charge in [-0.25, -0.2) is 4.79 Å².